The average molecular weight is 251 g/mol. The Hall–Kier alpha value is -1.54. The molecule has 5 heteroatoms. The maximum Gasteiger partial charge on any atom is 0.101 e. The summed E-state index contributed by atoms with van der Waals surface area (Å²) in [7, 11) is -0.761. The summed E-state index contributed by atoms with van der Waals surface area (Å²) in [5.41, 5.74) is 7.56. The van der Waals surface area contributed by atoms with E-state index >= 15 is 0 Å². The zero-order valence-electron chi connectivity index (χ0n) is 10.1. The third-order valence-electron chi connectivity index (χ3n) is 2.42. The number of nitrogens with one attached hydrogen (secondary N) is 1. The summed E-state index contributed by atoms with van der Waals surface area (Å²) >= 11 is 0. The number of nitrogen functional groups attached to an aromatic ring is 1. The maximum absolute atomic E-state index is 11.0. The molecule has 0 aliphatic heterocycles. The molecule has 2 atom stereocenters. The van der Waals surface area contributed by atoms with Crippen LogP contribution < -0.4 is 11.1 Å². The number of hydrogen-bond acceptors (Lipinski definition) is 4. The predicted molar refractivity (Wildman–Crippen MR) is 72.2 cm³/mol. The molecule has 4 nitrogen and oxygen atoms in total. The zero-order chi connectivity index (χ0) is 12.8. The van der Waals surface area contributed by atoms with Crippen LogP contribution in [0.1, 0.15) is 18.9 Å². The van der Waals surface area contributed by atoms with E-state index in [-0.39, 0.29) is 6.04 Å². The van der Waals surface area contributed by atoms with Gasteiger partial charge < -0.3 is 11.1 Å². The van der Waals surface area contributed by atoms with Crippen molar-refractivity contribution in [2.75, 3.05) is 23.1 Å². The van der Waals surface area contributed by atoms with Gasteiger partial charge in [-0.3, -0.25) is 4.21 Å². The van der Waals surface area contributed by atoms with Gasteiger partial charge in [0, 0.05) is 34.5 Å². The molecule has 2 unspecified atom stereocenters. The van der Waals surface area contributed by atoms with Crippen LogP contribution in [0.2, 0.25) is 0 Å². The third-order valence-corrected chi connectivity index (χ3v) is 3.23. The highest BCUT2D eigenvalue weighted by Gasteiger charge is 2.05. The highest BCUT2D eigenvalue weighted by atomic mass is 32.2. The second-order valence-corrected chi connectivity index (χ2v) is 5.58. The molecular weight excluding hydrogens is 234 g/mol. The first-order valence-electron chi connectivity index (χ1n) is 5.39. The molecule has 0 aliphatic carbocycles. The quantitative estimate of drug-likeness (QED) is 0.781. The fraction of sp³-hybridized carbons (Fsp3) is 0.417. The Morgan fingerprint density at radius 1 is 1.59 bits per heavy atom. The van der Waals surface area contributed by atoms with Gasteiger partial charge in [0.1, 0.15) is 6.07 Å². The number of benzene rings is 1. The van der Waals surface area contributed by atoms with Crippen molar-refractivity contribution in [3.8, 4) is 6.07 Å². The van der Waals surface area contributed by atoms with Gasteiger partial charge in [-0.25, -0.2) is 0 Å². The summed E-state index contributed by atoms with van der Waals surface area (Å²) in [6, 6.07) is 7.52. The summed E-state index contributed by atoms with van der Waals surface area (Å²) < 4.78 is 11.0. The van der Waals surface area contributed by atoms with Crippen LogP contribution >= 0.6 is 0 Å². The lowest BCUT2D eigenvalue weighted by atomic mass is 10.1. The van der Waals surface area contributed by atoms with E-state index in [9.17, 15) is 4.21 Å². The lowest BCUT2D eigenvalue weighted by Crippen LogP contribution is -2.17. The molecule has 0 heterocycles. The normalized spacial score (nSPS) is 13.7. The molecule has 0 radical (unpaired) electrons. The van der Waals surface area contributed by atoms with Gasteiger partial charge in [-0.15, -0.1) is 0 Å². The molecule has 0 spiro atoms. The van der Waals surface area contributed by atoms with Crippen molar-refractivity contribution in [2.24, 2.45) is 0 Å². The minimum absolute atomic E-state index is 0.228. The highest BCUT2D eigenvalue weighted by molar-refractivity contribution is 7.84. The molecule has 92 valence electrons. The molecule has 1 rings (SSSR count). The second-order valence-electron chi connectivity index (χ2n) is 4.03. The zero-order valence-corrected chi connectivity index (χ0v) is 10.9. The Balaban J connectivity index is 2.60. The van der Waals surface area contributed by atoms with Crippen LogP contribution in [-0.2, 0) is 10.8 Å². The van der Waals surface area contributed by atoms with E-state index in [1.807, 2.05) is 19.1 Å². The van der Waals surface area contributed by atoms with Crippen LogP contribution in [0.3, 0.4) is 0 Å². The van der Waals surface area contributed by atoms with E-state index in [0.29, 0.717) is 17.0 Å². The number of rotatable bonds is 5. The summed E-state index contributed by atoms with van der Waals surface area (Å²) in [5.74, 6) is 0.680. The topological polar surface area (TPSA) is 78.9 Å². The first-order chi connectivity index (χ1) is 8.02. The molecule has 1 aromatic rings. The molecule has 1 aromatic carbocycles. The van der Waals surface area contributed by atoms with Crippen LogP contribution in [0.25, 0.3) is 0 Å². The van der Waals surface area contributed by atoms with Crippen molar-refractivity contribution >= 4 is 22.2 Å². The average Bonchev–Trinajstić information content (AvgIpc) is 2.26. The van der Waals surface area contributed by atoms with Gasteiger partial charge in [-0.05, 0) is 31.5 Å². The number of nitrogens with two attached hydrogens (primary N) is 1. The van der Waals surface area contributed by atoms with Gasteiger partial charge >= 0.3 is 0 Å². The van der Waals surface area contributed by atoms with Crippen molar-refractivity contribution < 1.29 is 4.21 Å². The van der Waals surface area contributed by atoms with Crippen LogP contribution in [0, 0.1) is 11.3 Å². The van der Waals surface area contributed by atoms with Crippen LogP contribution in [0.4, 0.5) is 11.4 Å². The largest absolute Gasteiger partial charge is 0.398 e. The standard InChI is InChI=1S/C12H17N3OS/c1-9(5-6-17(2)16)15-11-4-3-10(8-13)12(14)7-11/h3-4,7,9,15H,5-6,14H2,1-2H3. The minimum Gasteiger partial charge on any atom is -0.398 e. The van der Waals surface area contributed by atoms with Crippen LogP contribution in [0.5, 0.6) is 0 Å². The summed E-state index contributed by atoms with van der Waals surface area (Å²) in [6.07, 6.45) is 2.54. The van der Waals surface area contributed by atoms with Gasteiger partial charge in [-0.2, -0.15) is 5.26 Å². The predicted octanol–water partition coefficient (Wildman–Crippen LogP) is 1.71. The Bertz CT molecular complexity index is 454. The van der Waals surface area contributed by atoms with Crippen molar-refractivity contribution in [1.82, 2.24) is 0 Å². The van der Waals surface area contributed by atoms with E-state index in [0.717, 1.165) is 12.1 Å². The fourth-order valence-corrected chi connectivity index (χ4v) is 2.14. The Morgan fingerprint density at radius 2 is 2.29 bits per heavy atom. The summed E-state index contributed by atoms with van der Waals surface area (Å²) in [5, 5.41) is 12.0. The van der Waals surface area contributed by atoms with Crippen molar-refractivity contribution in [3.05, 3.63) is 23.8 Å². The lowest BCUT2D eigenvalue weighted by molar-refractivity contribution is 0.678. The van der Waals surface area contributed by atoms with Crippen molar-refractivity contribution in [1.29, 1.82) is 5.26 Å². The molecule has 3 N–H and O–H groups in total. The van der Waals surface area contributed by atoms with Gasteiger partial charge in [0.15, 0.2) is 0 Å². The maximum atomic E-state index is 11.0. The Morgan fingerprint density at radius 3 is 2.82 bits per heavy atom. The van der Waals surface area contributed by atoms with E-state index in [1.165, 1.54) is 0 Å². The monoisotopic (exact) mass is 251 g/mol. The number of nitrogens with zero attached hydrogens (tertiary/aromatic N) is 1. The number of anilines is 2. The highest BCUT2D eigenvalue weighted by Crippen LogP contribution is 2.18. The molecule has 0 aromatic heterocycles. The van der Waals surface area contributed by atoms with Gasteiger partial charge in [0.2, 0.25) is 0 Å². The van der Waals surface area contributed by atoms with E-state index in [4.69, 9.17) is 11.0 Å². The van der Waals surface area contributed by atoms with Gasteiger partial charge in [-0.1, -0.05) is 0 Å². The van der Waals surface area contributed by atoms with Crippen molar-refractivity contribution in [2.45, 2.75) is 19.4 Å². The first kappa shape index (κ1) is 13.5. The van der Waals surface area contributed by atoms with Gasteiger partial charge in [0.25, 0.3) is 0 Å². The van der Waals surface area contributed by atoms with E-state index in [2.05, 4.69) is 5.32 Å². The van der Waals surface area contributed by atoms with Crippen LogP contribution in [0.15, 0.2) is 18.2 Å². The second kappa shape index (κ2) is 6.26. The molecule has 0 fully saturated rings. The summed E-state index contributed by atoms with van der Waals surface area (Å²) in [6.45, 7) is 2.03. The fourth-order valence-electron chi connectivity index (χ4n) is 1.45. The molecule has 0 amide bonds. The molecule has 0 bridgehead atoms. The lowest BCUT2D eigenvalue weighted by Gasteiger charge is -2.15. The molecule has 17 heavy (non-hydrogen) atoms. The Labute approximate surface area is 104 Å². The Kier molecular flexibility index (Phi) is 4.98. The van der Waals surface area contributed by atoms with E-state index < -0.39 is 10.8 Å². The van der Waals surface area contributed by atoms with Crippen molar-refractivity contribution in [3.63, 3.8) is 0 Å². The van der Waals surface area contributed by atoms with Crippen LogP contribution in [-0.4, -0.2) is 22.3 Å². The molecule has 0 saturated carbocycles. The minimum atomic E-state index is -0.761. The van der Waals surface area contributed by atoms with E-state index in [1.54, 1.807) is 18.4 Å². The third kappa shape index (κ3) is 4.45. The van der Waals surface area contributed by atoms with Gasteiger partial charge in [0.05, 0.1) is 11.3 Å². The molecule has 0 saturated heterocycles. The smallest absolute Gasteiger partial charge is 0.101 e. The molecular formula is C12H17N3OS. The number of nitriles is 1. The number of hydrogen-bond donors (Lipinski definition) is 2. The molecule has 0 aliphatic rings. The first-order valence-corrected chi connectivity index (χ1v) is 7.12. The summed E-state index contributed by atoms with van der Waals surface area (Å²) in [4.78, 5) is 0. The SMILES string of the molecule is CC(CCS(C)=O)Nc1ccc(C#N)c(N)c1.